The minimum Gasteiger partial charge on any atom is -0.388 e. The Morgan fingerprint density at radius 1 is 1.12 bits per heavy atom. The number of rotatable bonds is 1. The highest BCUT2D eigenvalue weighted by molar-refractivity contribution is 4.98. The van der Waals surface area contributed by atoms with E-state index in [0.717, 1.165) is 31.7 Å². The van der Waals surface area contributed by atoms with Crippen LogP contribution in [0.25, 0.3) is 0 Å². The first-order valence-electron chi connectivity index (χ1n) is 6.88. The molecule has 0 aromatic heterocycles. The van der Waals surface area contributed by atoms with Crippen LogP contribution in [0.5, 0.6) is 0 Å². The van der Waals surface area contributed by atoms with E-state index in [1.165, 1.54) is 19.3 Å². The first-order valence-corrected chi connectivity index (χ1v) is 6.88. The molecule has 94 valence electrons. The lowest BCUT2D eigenvalue weighted by Gasteiger charge is -2.44. The predicted octanol–water partition coefficient (Wildman–Crippen LogP) is 2.71. The first kappa shape index (κ1) is 12.4. The van der Waals surface area contributed by atoms with Gasteiger partial charge in [0.25, 0.3) is 0 Å². The number of nitrogens with one attached hydrogen (secondary N) is 1. The molecule has 1 atom stereocenters. The van der Waals surface area contributed by atoms with Crippen molar-refractivity contribution in [2.75, 3.05) is 6.54 Å². The highest BCUT2D eigenvalue weighted by atomic mass is 16.3. The van der Waals surface area contributed by atoms with Gasteiger partial charge in [0.05, 0.1) is 5.60 Å². The topological polar surface area (TPSA) is 32.3 Å². The molecule has 2 aliphatic rings. The van der Waals surface area contributed by atoms with Gasteiger partial charge in [0.2, 0.25) is 0 Å². The van der Waals surface area contributed by atoms with E-state index in [1.54, 1.807) is 0 Å². The van der Waals surface area contributed by atoms with Crippen LogP contribution < -0.4 is 5.32 Å². The summed E-state index contributed by atoms with van der Waals surface area (Å²) in [6, 6.07) is 0.369. The van der Waals surface area contributed by atoms with Gasteiger partial charge in [0.15, 0.2) is 0 Å². The van der Waals surface area contributed by atoms with Crippen LogP contribution in [-0.4, -0.2) is 23.3 Å². The van der Waals surface area contributed by atoms with Crippen molar-refractivity contribution in [3.8, 4) is 0 Å². The summed E-state index contributed by atoms with van der Waals surface area (Å²) in [5.74, 6) is 0.786. The molecule has 0 amide bonds. The minimum atomic E-state index is -0.405. The maximum atomic E-state index is 10.7. The van der Waals surface area contributed by atoms with Crippen LogP contribution in [0.15, 0.2) is 0 Å². The van der Waals surface area contributed by atoms with Gasteiger partial charge in [0, 0.05) is 6.04 Å². The lowest BCUT2D eigenvalue weighted by molar-refractivity contribution is -0.0488. The minimum absolute atomic E-state index is 0.369. The van der Waals surface area contributed by atoms with Gasteiger partial charge in [0.1, 0.15) is 0 Å². The smallest absolute Gasteiger partial charge is 0.0800 e. The highest BCUT2D eigenvalue weighted by Gasteiger charge is 2.43. The molecule has 0 radical (unpaired) electrons. The van der Waals surface area contributed by atoms with Gasteiger partial charge in [-0.2, -0.15) is 0 Å². The zero-order chi connectivity index (χ0) is 11.8. The maximum absolute atomic E-state index is 10.7. The van der Waals surface area contributed by atoms with Crippen molar-refractivity contribution in [1.82, 2.24) is 5.32 Å². The van der Waals surface area contributed by atoms with Crippen molar-refractivity contribution in [3.05, 3.63) is 0 Å². The Morgan fingerprint density at radius 3 is 2.19 bits per heavy atom. The van der Waals surface area contributed by atoms with Crippen LogP contribution in [0.3, 0.4) is 0 Å². The van der Waals surface area contributed by atoms with E-state index in [-0.39, 0.29) is 0 Å². The normalized spacial score (nSPS) is 41.2. The van der Waals surface area contributed by atoms with Crippen molar-refractivity contribution in [1.29, 1.82) is 0 Å². The van der Waals surface area contributed by atoms with Crippen molar-refractivity contribution >= 4 is 0 Å². The van der Waals surface area contributed by atoms with Crippen molar-refractivity contribution in [2.24, 2.45) is 11.3 Å². The van der Waals surface area contributed by atoms with Gasteiger partial charge < -0.3 is 10.4 Å². The fourth-order valence-corrected chi connectivity index (χ4v) is 3.48. The van der Waals surface area contributed by atoms with Gasteiger partial charge in [-0.3, -0.25) is 0 Å². The summed E-state index contributed by atoms with van der Waals surface area (Å²) in [4.78, 5) is 0. The second-order valence-electron chi connectivity index (χ2n) is 6.89. The molecule has 1 aliphatic carbocycles. The van der Waals surface area contributed by atoms with Crippen LogP contribution in [0.2, 0.25) is 0 Å². The Balaban J connectivity index is 1.93. The van der Waals surface area contributed by atoms with Crippen LogP contribution >= 0.6 is 0 Å². The molecule has 2 N–H and O–H groups in total. The second kappa shape index (κ2) is 4.30. The summed E-state index contributed by atoms with van der Waals surface area (Å²) in [6.45, 7) is 8.08. The van der Waals surface area contributed by atoms with Gasteiger partial charge in [-0.1, -0.05) is 20.8 Å². The third kappa shape index (κ3) is 2.43. The Labute approximate surface area is 99.8 Å². The van der Waals surface area contributed by atoms with E-state index in [9.17, 15) is 5.11 Å². The number of aliphatic hydroxyl groups is 1. The summed E-state index contributed by atoms with van der Waals surface area (Å²) < 4.78 is 0. The zero-order valence-corrected chi connectivity index (χ0v) is 11.1. The summed E-state index contributed by atoms with van der Waals surface area (Å²) in [7, 11) is 0. The molecular formula is C14H27NO. The fraction of sp³-hybridized carbons (Fsp3) is 1.00. The molecule has 1 heterocycles. The Morgan fingerprint density at radius 2 is 1.75 bits per heavy atom. The second-order valence-corrected chi connectivity index (χ2v) is 6.89. The third-order valence-corrected chi connectivity index (χ3v) is 4.79. The fourth-order valence-electron chi connectivity index (χ4n) is 3.48. The third-order valence-electron chi connectivity index (χ3n) is 4.79. The van der Waals surface area contributed by atoms with E-state index in [0.29, 0.717) is 11.5 Å². The Hall–Kier alpha value is -0.0800. The maximum Gasteiger partial charge on any atom is 0.0800 e. The zero-order valence-electron chi connectivity index (χ0n) is 11.1. The van der Waals surface area contributed by atoms with E-state index < -0.39 is 5.60 Å². The lowest BCUT2D eigenvalue weighted by atomic mass is 9.66. The molecule has 0 aromatic carbocycles. The average Bonchev–Trinajstić information content (AvgIpc) is 2.70. The van der Waals surface area contributed by atoms with Crippen molar-refractivity contribution < 1.29 is 5.11 Å². The quantitative estimate of drug-likeness (QED) is 0.719. The molecule has 2 nitrogen and oxygen atoms in total. The monoisotopic (exact) mass is 225 g/mol. The molecule has 2 fully saturated rings. The number of hydrogen-bond donors (Lipinski definition) is 2. The molecule has 16 heavy (non-hydrogen) atoms. The Bertz CT molecular complexity index is 230. The van der Waals surface area contributed by atoms with Gasteiger partial charge >= 0.3 is 0 Å². The molecule has 1 aliphatic heterocycles. The van der Waals surface area contributed by atoms with Crippen molar-refractivity contribution in [2.45, 2.75) is 70.9 Å². The summed E-state index contributed by atoms with van der Waals surface area (Å²) >= 11 is 0. The number of hydrogen-bond acceptors (Lipinski definition) is 2. The van der Waals surface area contributed by atoms with E-state index in [2.05, 4.69) is 26.1 Å². The molecule has 0 bridgehead atoms. The van der Waals surface area contributed by atoms with Crippen LogP contribution in [0, 0.1) is 11.3 Å². The standard InChI is InChI=1S/C14H27NO/c1-13(2,3)11-6-8-14(16,9-7-11)12-5-4-10-15-12/h11-12,15-16H,4-10H2,1-3H3. The van der Waals surface area contributed by atoms with E-state index in [4.69, 9.17) is 0 Å². The first-order chi connectivity index (χ1) is 7.42. The summed E-state index contributed by atoms with van der Waals surface area (Å²) in [5, 5.41) is 14.2. The van der Waals surface area contributed by atoms with Gasteiger partial charge in [-0.05, 0) is 56.4 Å². The molecule has 1 saturated carbocycles. The predicted molar refractivity (Wildman–Crippen MR) is 67.4 cm³/mol. The molecule has 2 heteroatoms. The molecule has 1 unspecified atom stereocenters. The molecule has 1 saturated heterocycles. The van der Waals surface area contributed by atoms with Gasteiger partial charge in [-0.25, -0.2) is 0 Å². The average molecular weight is 225 g/mol. The lowest BCUT2D eigenvalue weighted by Crippen LogP contribution is -2.50. The summed E-state index contributed by atoms with van der Waals surface area (Å²) in [5.41, 5.74) is 0.00266. The highest BCUT2D eigenvalue weighted by Crippen LogP contribution is 2.43. The van der Waals surface area contributed by atoms with Crippen LogP contribution in [0.4, 0.5) is 0 Å². The molecular weight excluding hydrogens is 198 g/mol. The van der Waals surface area contributed by atoms with Crippen LogP contribution in [0.1, 0.15) is 59.3 Å². The molecule has 0 spiro atoms. The van der Waals surface area contributed by atoms with E-state index in [1.807, 2.05) is 0 Å². The van der Waals surface area contributed by atoms with Gasteiger partial charge in [-0.15, -0.1) is 0 Å². The van der Waals surface area contributed by atoms with Crippen molar-refractivity contribution in [3.63, 3.8) is 0 Å². The SMILES string of the molecule is CC(C)(C)C1CCC(O)(C2CCCN2)CC1. The van der Waals surface area contributed by atoms with Crippen LogP contribution in [-0.2, 0) is 0 Å². The largest absolute Gasteiger partial charge is 0.388 e. The summed E-state index contributed by atoms with van der Waals surface area (Å²) in [6.07, 6.45) is 6.77. The molecule has 0 aromatic rings. The van der Waals surface area contributed by atoms with E-state index >= 15 is 0 Å². The Kier molecular flexibility index (Phi) is 3.33. The molecule has 2 rings (SSSR count).